The van der Waals surface area contributed by atoms with Crippen molar-refractivity contribution < 1.29 is 4.79 Å². The fraction of sp³-hybridized carbons (Fsp3) is 0.143. The van der Waals surface area contributed by atoms with E-state index in [9.17, 15) is 4.79 Å². The summed E-state index contributed by atoms with van der Waals surface area (Å²) in [5.41, 5.74) is 11.3. The van der Waals surface area contributed by atoms with Gasteiger partial charge in [-0.1, -0.05) is 11.6 Å². The normalized spacial score (nSPS) is 9.83. The van der Waals surface area contributed by atoms with E-state index in [1.165, 1.54) is 6.07 Å². The summed E-state index contributed by atoms with van der Waals surface area (Å²) in [6.45, 7) is 1.72. The molecule has 0 unspecified atom stereocenters. The monoisotopic (exact) mass is 185 g/mol. The Labute approximate surface area is 74.5 Å². The molecule has 1 aromatic heterocycles. The lowest BCUT2D eigenvalue weighted by atomic mass is 10.2. The van der Waals surface area contributed by atoms with Crippen LogP contribution in [0.5, 0.6) is 0 Å². The Morgan fingerprint density at radius 1 is 1.67 bits per heavy atom. The number of carbonyl (C=O) groups excluding carboxylic acids is 1. The standard InChI is InChI=1S/C7H8ClN3O/c1-3-2-4(7(10)12)6(9)11-5(3)8/h2H,1H3,(H2,9,11)(H2,10,12). The minimum absolute atomic E-state index is 0.0677. The van der Waals surface area contributed by atoms with Gasteiger partial charge in [0.05, 0.1) is 5.56 Å². The van der Waals surface area contributed by atoms with Gasteiger partial charge in [-0.2, -0.15) is 0 Å². The predicted octanol–water partition coefficient (Wildman–Crippen LogP) is 0.725. The molecule has 0 aliphatic rings. The van der Waals surface area contributed by atoms with Crippen LogP contribution in [-0.2, 0) is 0 Å². The second-order valence-electron chi connectivity index (χ2n) is 2.39. The molecular formula is C7H8ClN3O. The number of primary amides is 1. The maximum atomic E-state index is 10.7. The summed E-state index contributed by atoms with van der Waals surface area (Å²) < 4.78 is 0. The van der Waals surface area contributed by atoms with Crippen LogP contribution in [0.1, 0.15) is 15.9 Å². The molecule has 1 amide bonds. The van der Waals surface area contributed by atoms with E-state index in [1.54, 1.807) is 6.92 Å². The Morgan fingerprint density at radius 3 is 2.75 bits per heavy atom. The highest BCUT2D eigenvalue weighted by Crippen LogP contribution is 2.17. The molecule has 0 saturated heterocycles. The highest BCUT2D eigenvalue weighted by Gasteiger charge is 2.09. The fourth-order valence-electron chi connectivity index (χ4n) is 0.802. The largest absolute Gasteiger partial charge is 0.383 e. The zero-order chi connectivity index (χ0) is 9.30. The molecule has 1 heterocycles. The summed E-state index contributed by atoms with van der Waals surface area (Å²) >= 11 is 5.65. The number of amides is 1. The maximum absolute atomic E-state index is 10.7. The van der Waals surface area contributed by atoms with Crippen LogP contribution in [0, 0.1) is 6.92 Å². The number of nitrogens with two attached hydrogens (primary N) is 2. The smallest absolute Gasteiger partial charge is 0.252 e. The van der Waals surface area contributed by atoms with Crippen LogP contribution in [0.2, 0.25) is 5.15 Å². The molecule has 0 bridgehead atoms. The Kier molecular flexibility index (Phi) is 2.19. The van der Waals surface area contributed by atoms with Crippen LogP contribution in [-0.4, -0.2) is 10.9 Å². The van der Waals surface area contributed by atoms with E-state index in [-0.39, 0.29) is 16.5 Å². The van der Waals surface area contributed by atoms with Crippen molar-refractivity contribution in [2.75, 3.05) is 5.73 Å². The van der Waals surface area contributed by atoms with Crippen LogP contribution in [0.3, 0.4) is 0 Å². The molecule has 12 heavy (non-hydrogen) atoms. The number of aromatic nitrogens is 1. The second kappa shape index (κ2) is 2.98. The van der Waals surface area contributed by atoms with Gasteiger partial charge in [0.15, 0.2) is 0 Å². The number of hydrogen-bond donors (Lipinski definition) is 2. The summed E-state index contributed by atoms with van der Waals surface area (Å²) in [6.07, 6.45) is 0. The number of nitrogen functional groups attached to an aromatic ring is 1. The first kappa shape index (κ1) is 8.80. The van der Waals surface area contributed by atoms with Gasteiger partial charge in [-0.3, -0.25) is 4.79 Å². The number of rotatable bonds is 1. The molecule has 64 valence electrons. The third-order valence-corrected chi connectivity index (χ3v) is 1.83. The molecule has 0 aliphatic heterocycles. The van der Waals surface area contributed by atoms with Gasteiger partial charge in [0.2, 0.25) is 0 Å². The number of nitrogens with zero attached hydrogens (tertiary/aromatic N) is 1. The SMILES string of the molecule is Cc1cc(C(N)=O)c(N)nc1Cl. The molecule has 0 saturated carbocycles. The van der Waals surface area contributed by atoms with Crippen molar-refractivity contribution in [1.82, 2.24) is 4.98 Å². The summed E-state index contributed by atoms with van der Waals surface area (Å²) in [5.74, 6) is -0.530. The van der Waals surface area contributed by atoms with E-state index >= 15 is 0 Å². The molecule has 0 radical (unpaired) electrons. The first-order chi connectivity index (χ1) is 5.52. The van der Waals surface area contributed by atoms with Crippen molar-refractivity contribution in [2.45, 2.75) is 6.92 Å². The molecule has 1 rings (SSSR count). The van der Waals surface area contributed by atoms with Gasteiger partial charge >= 0.3 is 0 Å². The van der Waals surface area contributed by atoms with E-state index in [1.807, 2.05) is 0 Å². The van der Waals surface area contributed by atoms with Gasteiger partial charge in [-0.15, -0.1) is 0 Å². The van der Waals surface area contributed by atoms with Crippen molar-refractivity contribution in [3.63, 3.8) is 0 Å². The molecule has 0 spiro atoms. The third-order valence-electron chi connectivity index (χ3n) is 1.45. The lowest BCUT2D eigenvalue weighted by Gasteiger charge is -2.02. The first-order valence-electron chi connectivity index (χ1n) is 3.25. The van der Waals surface area contributed by atoms with E-state index in [2.05, 4.69) is 4.98 Å². The molecule has 4 nitrogen and oxygen atoms in total. The highest BCUT2D eigenvalue weighted by molar-refractivity contribution is 6.30. The van der Waals surface area contributed by atoms with Crippen molar-refractivity contribution in [3.05, 3.63) is 22.3 Å². The van der Waals surface area contributed by atoms with Crippen LogP contribution >= 0.6 is 11.6 Å². The van der Waals surface area contributed by atoms with E-state index in [4.69, 9.17) is 23.1 Å². The molecule has 0 aromatic carbocycles. The van der Waals surface area contributed by atoms with Gasteiger partial charge in [-0.25, -0.2) is 4.98 Å². The number of anilines is 1. The summed E-state index contributed by atoms with van der Waals surface area (Å²) in [7, 11) is 0. The second-order valence-corrected chi connectivity index (χ2v) is 2.75. The van der Waals surface area contributed by atoms with Gasteiger partial charge in [0, 0.05) is 0 Å². The van der Waals surface area contributed by atoms with Crippen molar-refractivity contribution in [1.29, 1.82) is 0 Å². The number of carbonyl (C=O) groups is 1. The minimum atomic E-state index is -0.597. The number of halogens is 1. The molecular weight excluding hydrogens is 178 g/mol. The maximum Gasteiger partial charge on any atom is 0.252 e. The van der Waals surface area contributed by atoms with Crippen LogP contribution < -0.4 is 11.5 Å². The average molecular weight is 186 g/mol. The quantitative estimate of drug-likeness (QED) is 0.633. The topological polar surface area (TPSA) is 82.0 Å². The van der Waals surface area contributed by atoms with Gasteiger partial charge < -0.3 is 11.5 Å². The van der Waals surface area contributed by atoms with E-state index < -0.39 is 5.91 Å². The molecule has 4 N–H and O–H groups in total. The minimum Gasteiger partial charge on any atom is -0.383 e. The molecule has 5 heteroatoms. The lowest BCUT2D eigenvalue weighted by Crippen LogP contribution is -2.14. The van der Waals surface area contributed by atoms with Gasteiger partial charge in [0.25, 0.3) is 5.91 Å². The van der Waals surface area contributed by atoms with Crippen LogP contribution in [0.4, 0.5) is 5.82 Å². The predicted molar refractivity (Wildman–Crippen MR) is 46.9 cm³/mol. The Morgan fingerprint density at radius 2 is 2.25 bits per heavy atom. The van der Waals surface area contributed by atoms with Crippen LogP contribution in [0.25, 0.3) is 0 Å². The summed E-state index contributed by atoms with van der Waals surface area (Å²) in [4.78, 5) is 14.5. The summed E-state index contributed by atoms with van der Waals surface area (Å²) in [5, 5.41) is 0.289. The summed E-state index contributed by atoms with van der Waals surface area (Å²) in [6, 6.07) is 1.52. The zero-order valence-corrected chi connectivity index (χ0v) is 7.22. The van der Waals surface area contributed by atoms with Gasteiger partial charge in [-0.05, 0) is 18.6 Å². The van der Waals surface area contributed by atoms with Crippen molar-refractivity contribution in [2.24, 2.45) is 5.73 Å². The van der Waals surface area contributed by atoms with E-state index in [0.29, 0.717) is 5.56 Å². The average Bonchev–Trinajstić information content (AvgIpc) is 1.96. The molecule has 1 aromatic rings. The molecule has 0 atom stereocenters. The number of pyridine rings is 1. The fourth-order valence-corrected chi connectivity index (χ4v) is 0.947. The Balaban J connectivity index is 3.33. The Bertz CT molecular complexity index is 338. The van der Waals surface area contributed by atoms with Crippen molar-refractivity contribution >= 4 is 23.3 Å². The van der Waals surface area contributed by atoms with Crippen LogP contribution in [0.15, 0.2) is 6.07 Å². The number of hydrogen-bond acceptors (Lipinski definition) is 3. The third kappa shape index (κ3) is 1.48. The first-order valence-corrected chi connectivity index (χ1v) is 3.62. The Hall–Kier alpha value is -1.29. The number of aryl methyl sites for hydroxylation is 1. The highest BCUT2D eigenvalue weighted by atomic mass is 35.5. The molecule has 0 aliphatic carbocycles. The van der Waals surface area contributed by atoms with E-state index in [0.717, 1.165) is 0 Å². The van der Waals surface area contributed by atoms with Crippen molar-refractivity contribution in [3.8, 4) is 0 Å². The van der Waals surface area contributed by atoms with Gasteiger partial charge in [0.1, 0.15) is 11.0 Å². The molecule has 0 fully saturated rings. The lowest BCUT2D eigenvalue weighted by molar-refractivity contribution is 0.100. The zero-order valence-electron chi connectivity index (χ0n) is 6.47.